The average Bonchev–Trinajstić information content (AvgIpc) is 2.63. The van der Waals surface area contributed by atoms with Gasteiger partial charge < -0.3 is 5.32 Å². The minimum Gasteiger partial charge on any atom is -0.310 e. The van der Waals surface area contributed by atoms with E-state index < -0.39 is 0 Å². The van der Waals surface area contributed by atoms with E-state index in [0.717, 1.165) is 18.3 Å². The van der Waals surface area contributed by atoms with Crippen molar-refractivity contribution >= 4 is 0 Å². The third kappa shape index (κ3) is 2.77. The molecule has 2 nitrogen and oxygen atoms in total. The van der Waals surface area contributed by atoms with Crippen molar-refractivity contribution < 1.29 is 0 Å². The summed E-state index contributed by atoms with van der Waals surface area (Å²) in [7, 11) is 0. The molecule has 2 aliphatic rings. The van der Waals surface area contributed by atoms with Gasteiger partial charge in [-0.3, -0.25) is 0 Å². The summed E-state index contributed by atoms with van der Waals surface area (Å²) in [5.74, 6) is 1.97. The van der Waals surface area contributed by atoms with E-state index in [0.29, 0.717) is 12.1 Å². The molecule has 4 unspecified atom stereocenters. The van der Waals surface area contributed by atoms with Gasteiger partial charge in [-0.1, -0.05) is 20.3 Å². The molecule has 0 saturated heterocycles. The van der Waals surface area contributed by atoms with Crippen LogP contribution in [-0.2, 0) is 0 Å². The largest absolute Gasteiger partial charge is 0.310 e. The Hall–Kier alpha value is -0.550. The molecule has 0 aromatic rings. The van der Waals surface area contributed by atoms with Gasteiger partial charge in [-0.2, -0.15) is 5.26 Å². The maximum Gasteiger partial charge on any atom is 0.0672 e. The first-order valence-electron chi connectivity index (χ1n) is 6.84. The number of hydrogen-bond donors (Lipinski definition) is 1. The first-order valence-corrected chi connectivity index (χ1v) is 6.84. The molecular formula is C14H24N2. The zero-order valence-corrected chi connectivity index (χ0v) is 10.6. The predicted molar refractivity (Wildman–Crippen MR) is 65.8 cm³/mol. The van der Waals surface area contributed by atoms with Gasteiger partial charge >= 0.3 is 0 Å². The van der Waals surface area contributed by atoms with Gasteiger partial charge in [0.1, 0.15) is 0 Å². The van der Waals surface area contributed by atoms with Crippen molar-refractivity contribution in [1.29, 1.82) is 5.26 Å². The van der Waals surface area contributed by atoms with E-state index in [1.54, 1.807) is 0 Å². The number of hydrogen-bond acceptors (Lipinski definition) is 2. The van der Waals surface area contributed by atoms with Crippen molar-refractivity contribution in [2.75, 3.05) is 0 Å². The van der Waals surface area contributed by atoms with E-state index in [-0.39, 0.29) is 5.92 Å². The van der Waals surface area contributed by atoms with E-state index in [9.17, 15) is 0 Å². The van der Waals surface area contributed by atoms with Gasteiger partial charge in [0.05, 0.1) is 12.0 Å². The lowest BCUT2D eigenvalue weighted by Gasteiger charge is -2.34. The molecule has 0 aromatic carbocycles. The van der Waals surface area contributed by atoms with Crippen LogP contribution >= 0.6 is 0 Å². The van der Waals surface area contributed by atoms with Crippen LogP contribution in [0.25, 0.3) is 0 Å². The van der Waals surface area contributed by atoms with Crippen molar-refractivity contribution in [2.45, 2.75) is 64.5 Å². The molecule has 2 aliphatic carbocycles. The van der Waals surface area contributed by atoms with E-state index >= 15 is 0 Å². The standard InChI is InChI=1S/C14H24N2/c1-10-6-11(2)8-13(7-10)16-14-5-3-4-12(14)9-15/h10-14,16H,3-8H2,1-2H3. The molecule has 0 amide bonds. The minimum atomic E-state index is 0.271. The third-order valence-electron chi connectivity index (χ3n) is 4.31. The quantitative estimate of drug-likeness (QED) is 0.776. The van der Waals surface area contributed by atoms with Crippen molar-refractivity contribution in [3.05, 3.63) is 0 Å². The second-order valence-electron chi connectivity index (χ2n) is 6.05. The Morgan fingerprint density at radius 3 is 2.38 bits per heavy atom. The van der Waals surface area contributed by atoms with Crippen molar-refractivity contribution in [3.63, 3.8) is 0 Å². The van der Waals surface area contributed by atoms with Crippen molar-refractivity contribution in [1.82, 2.24) is 5.32 Å². The molecule has 0 bridgehead atoms. The molecule has 16 heavy (non-hydrogen) atoms. The van der Waals surface area contributed by atoms with Crippen LogP contribution in [0.15, 0.2) is 0 Å². The lowest BCUT2D eigenvalue weighted by Crippen LogP contribution is -2.43. The van der Waals surface area contributed by atoms with Gasteiger partial charge in [0, 0.05) is 12.1 Å². The molecule has 1 N–H and O–H groups in total. The summed E-state index contributed by atoms with van der Waals surface area (Å²) in [5, 5.41) is 12.8. The molecule has 0 aromatic heterocycles. The van der Waals surface area contributed by atoms with E-state index in [1.165, 1.54) is 32.1 Å². The highest BCUT2D eigenvalue weighted by Crippen LogP contribution is 2.31. The van der Waals surface area contributed by atoms with E-state index in [2.05, 4.69) is 25.2 Å². The summed E-state index contributed by atoms with van der Waals surface area (Å²) in [5.41, 5.74) is 0. The highest BCUT2D eigenvalue weighted by atomic mass is 15.0. The minimum absolute atomic E-state index is 0.271. The highest BCUT2D eigenvalue weighted by Gasteiger charge is 2.31. The van der Waals surface area contributed by atoms with Crippen LogP contribution in [0.2, 0.25) is 0 Å². The summed E-state index contributed by atoms with van der Waals surface area (Å²) in [4.78, 5) is 0. The Balaban J connectivity index is 1.87. The first kappa shape index (κ1) is 11.9. The Morgan fingerprint density at radius 2 is 1.75 bits per heavy atom. The average molecular weight is 220 g/mol. The Bertz CT molecular complexity index is 258. The van der Waals surface area contributed by atoms with Crippen LogP contribution in [0, 0.1) is 29.1 Å². The lowest BCUT2D eigenvalue weighted by molar-refractivity contribution is 0.220. The molecule has 0 radical (unpaired) electrons. The van der Waals surface area contributed by atoms with Crippen LogP contribution in [0.1, 0.15) is 52.4 Å². The second kappa shape index (κ2) is 5.19. The normalized spacial score (nSPS) is 44.2. The molecule has 90 valence electrons. The zero-order valence-electron chi connectivity index (χ0n) is 10.6. The fourth-order valence-corrected chi connectivity index (χ4v) is 3.70. The van der Waals surface area contributed by atoms with Crippen LogP contribution in [-0.4, -0.2) is 12.1 Å². The van der Waals surface area contributed by atoms with Crippen molar-refractivity contribution in [3.8, 4) is 6.07 Å². The van der Waals surface area contributed by atoms with Crippen LogP contribution in [0.5, 0.6) is 0 Å². The fraction of sp³-hybridized carbons (Fsp3) is 0.929. The molecule has 2 saturated carbocycles. The van der Waals surface area contributed by atoms with Crippen LogP contribution < -0.4 is 5.32 Å². The number of nitrogens with zero attached hydrogens (tertiary/aromatic N) is 1. The molecule has 0 aliphatic heterocycles. The van der Waals surface area contributed by atoms with Crippen molar-refractivity contribution in [2.24, 2.45) is 17.8 Å². The second-order valence-corrected chi connectivity index (χ2v) is 6.05. The summed E-state index contributed by atoms with van der Waals surface area (Å²) < 4.78 is 0. The SMILES string of the molecule is CC1CC(C)CC(NC2CCCC2C#N)C1. The number of nitrogens with one attached hydrogen (secondary N) is 1. The van der Waals surface area contributed by atoms with Gasteiger partial charge in [0.25, 0.3) is 0 Å². The molecule has 2 rings (SSSR count). The van der Waals surface area contributed by atoms with Gasteiger partial charge in [-0.05, 0) is 43.9 Å². The Kier molecular flexibility index (Phi) is 3.86. The molecule has 0 spiro atoms. The van der Waals surface area contributed by atoms with Gasteiger partial charge in [-0.25, -0.2) is 0 Å². The third-order valence-corrected chi connectivity index (χ3v) is 4.31. The summed E-state index contributed by atoms with van der Waals surface area (Å²) >= 11 is 0. The smallest absolute Gasteiger partial charge is 0.0672 e. The van der Waals surface area contributed by atoms with Crippen LogP contribution in [0.3, 0.4) is 0 Å². The van der Waals surface area contributed by atoms with E-state index in [4.69, 9.17) is 5.26 Å². The highest BCUT2D eigenvalue weighted by molar-refractivity contribution is 4.98. The Morgan fingerprint density at radius 1 is 1.06 bits per heavy atom. The summed E-state index contributed by atoms with van der Waals surface area (Å²) in [6.07, 6.45) is 7.53. The first-order chi connectivity index (χ1) is 7.69. The van der Waals surface area contributed by atoms with Crippen LogP contribution in [0.4, 0.5) is 0 Å². The van der Waals surface area contributed by atoms with Gasteiger partial charge in [0.15, 0.2) is 0 Å². The van der Waals surface area contributed by atoms with E-state index in [1.807, 2.05) is 0 Å². The Labute approximate surface area is 99.4 Å². The number of nitriles is 1. The number of rotatable bonds is 2. The summed E-state index contributed by atoms with van der Waals surface area (Å²) in [6, 6.07) is 3.61. The molecule has 2 fully saturated rings. The lowest BCUT2D eigenvalue weighted by atomic mass is 9.80. The van der Waals surface area contributed by atoms with Gasteiger partial charge in [0.2, 0.25) is 0 Å². The maximum atomic E-state index is 9.08. The maximum absolute atomic E-state index is 9.08. The monoisotopic (exact) mass is 220 g/mol. The molecular weight excluding hydrogens is 196 g/mol. The van der Waals surface area contributed by atoms with Gasteiger partial charge in [-0.15, -0.1) is 0 Å². The molecule has 4 atom stereocenters. The molecule has 2 heteroatoms. The molecule has 0 heterocycles. The predicted octanol–water partition coefficient (Wildman–Crippen LogP) is 3.09. The fourth-order valence-electron chi connectivity index (χ4n) is 3.70. The topological polar surface area (TPSA) is 35.8 Å². The zero-order chi connectivity index (χ0) is 11.5. The summed E-state index contributed by atoms with van der Waals surface area (Å²) in [6.45, 7) is 4.72.